The molecule has 1 saturated carbocycles. The lowest BCUT2D eigenvalue weighted by atomic mass is 10.2. The lowest BCUT2D eigenvalue weighted by Gasteiger charge is -2.30. The minimum atomic E-state index is -3.54. The molecule has 0 radical (unpaired) electrons. The fourth-order valence-corrected chi connectivity index (χ4v) is 4.10. The highest BCUT2D eigenvalue weighted by Crippen LogP contribution is 2.44. The smallest absolute Gasteiger partial charge is 0.410 e. The lowest BCUT2D eigenvalue weighted by molar-refractivity contribution is 0.0163. The Morgan fingerprint density at radius 1 is 1.38 bits per heavy atom. The van der Waals surface area contributed by atoms with E-state index in [1.807, 2.05) is 34.6 Å². The molecule has 0 aliphatic heterocycles. The van der Waals surface area contributed by atoms with Crippen molar-refractivity contribution in [3.63, 3.8) is 0 Å². The topological polar surface area (TPSA) is 97.8 Å². The number of carbonyl (C=O) groups is 1. The van der Waals surface area contributed by atoms with Crippen molar-refractivity contribution in [1.29, 1.82) is 0 Å². The van der Waals surface area contributed by atoms with Crippen molar-refractivity contribution < 1.29 is 22.7 Å². The zero-order valence-electron chi connectivity index (χ0n) is 17.8. The van der Waals surface area contributed by atoms with Crippen LogP contribution in [0.25, 0.3) is 0 Å². The third-order valence-corrected chi connectivity index (χ3v) is 7.12. The number of rotatable bonds is 8. The standard InChI is InChI=1S/C19H30BrN3O5S/c1-13(2)23(17(24)28-18(3,4)5)9-10-27-16-15(11-14(20)12-21-16)22-29(25,26)19(6)7-8-19/h11-13,22H,7-10H2,1-6H3. The number of nitrogens with one attached hydrogen (secondary N) is 1. The molecule has 1 heterocycles. The molecular weight excluding hydrogens is 462 g/mol. The summed E-state index contributed by atoms with van der Waals surface area (Å²) in [5, 5.41) is 0. The molecule has 1 aromatic rings. The summed E-state index contributed by atoms with van der Waals surface area (Å²) in [6, 6.07) is 1.53. The van der Waals surface area contributed by atoms with Gasteiger partial charge in [0, 0.05) is 16.7 Å². The number of hydrogen-bond acceptors (Lipinski definition) is 6. The van der Waals surface area contributed by atoms with Crippen molar-refractivity contribution in [2.75, 3.05) is 17.9 Å². The van der Waals surface area contributed by atoms with E-state index >= 15 is 0 Å². The van der Waals surface area contributed by atoms with Crippen molar-refractivity contribution in [2.45, 2.75) is 70.8 Å². The van der Waals surface area contributed by atoms with Crippen molar-refractivity contribution in [1.82, 2.24) is 9.88 Å². The Morgan fingerprint density at radius 2 is 2.00 bits per heavy atom. The van der Waals surface area contributed by atoms with Gasteiger partial charge < -0.3 is 14.4 Å². The minimum Gasteiger partial charge on any atom is -0.474 e. The largest absolute Gasteiger partial charge is 0.474 e. The van der Waals surface area contributed by atoms with Crippen LogP contribution in [0.2, 0.25) is 0 Å². The fraction of sp³-hybridized carbons (Fsp3) is 0.684. The summed E-state index contributed by atoms with van der Waals surface area (Å²) in [5.74, 6) is 0.161. The van der Waals surface area contributed by atoms with Crippen LogP contribution >= 0.6 is 15.9 Å². The van der Waals surface area contributed by atoms with Crippen LogP contribution in [0.5, 0.6) is 5.88 Å². The van der Waals surface area contributed by atoms with E-state index in [2.05, 4.69) is 25.6 Å². The van der Waals surface area contributed by atoms with Crippen LogP contribution < -0.4 is 9.46 Å². The highest BCUT2D eigenvalue weighted by Gasteiger charge is 2.50. The molecule has 29 heavy (non-hydrogen) atoms. The summed E-state index contributed by atoms with van der Waals surface area (Å²) in [6.45, 7) is 11.3. The quantitative estimate of drug-likeness (QED) is 0.585. The van der Waals surface area contributed by atoms with Crippen LogP contribution in [0.4, 0.5) is 10.5 Å². The van der Waals surface area contributed by atoms with Gasteiger partial charge in [0.05, 0.1) is 11.3 Å². The van der Waals surface area contributed by atoms with E-state index in [4.69, 9.17) is 9.47 Å². The molecule has 0 unspecified atom stereocenters. The highest BCUT2D eigenvalue weighted by molar-refractivity contribution is 9.10. The van der Waals surface area contributed by atoms with Crippen molar-refractivity contribution >= 4 is 37.7 Å². The lowest BCUT2D eigenvalue weighted by Crippen LogP contribution is -2.43. The van der Waals surface area contributed by atoms with Gasteiger partial charge in [-0.25, -0.2) is 18.2 Å². The normalized spacial score (nSPS) is 15.7. The zero-order chi connectivity index (χ0) is 22.0. The summed E-state index contributed by atoms with van der Waals surface area (Å²) >= 11 is 3.31. The molecule has 2 rings (SSSR count). The molecule has 1 aliphatic rings. The summed E-state index contributed by atoms with van der Waals surface area (Å²) in [4.78, 5) is 18.1. The van der Waals surface area contributed by atoms with Gasteiger partial charge in [0.25, 0.3) is 0 Å². The second kappa shape index (κ2) is 8.67. The number of amides is 1. The Bertz CT molecular complexity index is 848. The maximum Gasteiger partial charge on any atom is 0.410 e. The van der Waals surface area contributed by atoms with Gasteiger partial charge in [-0.3, -0.25) is 4.72 Å². The maximum absolute atomic E-state index is 12.6. The molecule has 1 aliphatic carbocycles. The predicted octanol–water partition coefficient (Wildman–Crippen LogP) is 4.16. The first-order chi connectivity index (χ1) is 13.2. The van der Waals surface area contributed by atoms with Gasteiger partial charge in [0.1, 0.15) is 17.9 Å². The number of nitrogens with zero attached hydrogens (tertiary/aromatic N) is 2. The number of sulfonamides is 1. The minimum absolute atomic E-state index is 0.0842. The van der Waals surface area contributed by atoms with Gasteiger partial charge in [0.15, 0.2) is 0 Å². The van der Waals surface area contributed by atoms with Crippen LogP contribution in [-0.4, -0.2) is 53.9 Å². The summed E-state index contributed by atoms with van der Waals surface area (Å²) in [5.41, 5.74) is -0.330. The molecule has 1 amide bonds. The third-order valence-electron chi connectivity index (χ3n) is 4.49. The van der Waals surface area contributed by atoms with Gasteiger partial charge in [-0.05, 0) is 76.4 Å². The molecule has 8 nitrogen and oxygen atoms in total. The van der Waals surface area contributed by atoms with E-state index in [9.17, 15) is 13.2 Å². The van der Waals surface area contributed by atoms with Crippen LogP contribution in [0.3, 0.4) is 0 Å². The number of pyridine rings is 1. The molecule has 164 valence electrons. The molecule has 0 atom stereocenters. The molecular formula is C19H30BrN3O5S. The first-order valence-corrected chi connectivity index (χ1v) is 11.8. The summed E-state index contributed by atoms with van der Waals surface area (Å²) in [7, 11) is -3.54. The van der Waals surface area contributed by atoms with Gasteiger partial charge in [0.2, 0.25) is 15.9 Å². The van der Waals surface area contributed by atoms with Gasteiger partial charge >= 0.3 is 6.09 Å². The van der Waals surface area contributed by atoms with E-state index < -0.39 is 26.5 Å². The van der Waals surface area contributed by atoms with Crippen molar-refractivity contribution in [2.24, 2.45) is 0 Å². The van der Waals surface area contributed by atoms with Gasteiger partial charge in [-0.15, -0.1) is 0 Å². The maximum atomic E-state index is 12.6. The predicted molar refractivity (Wildman–Crippen MR) is 116 cm³/mol. The zero-order valence-corrected chi connectivity index (χ0v) is 20.2. The first kappa shape index (κ1) is 23.7. The molecule has 0 bridgehead atoms. The van der Waals surface area contributed by atoms with Crippen LogP contribution in [0.1, 0.15) is 54.4 Å². The Balaban J connectivity index is 2.07. The SMILES string of the molecule is CC(C)N(CCOc1ncc(Br)cc1NS(=O)(=O)C1(C)CC1)C(=O)OC(C)(C)C. The Morgan fingerprint density at radius 3 is 2.52 bits per heavy atom. The van der Waals surface area contributed by atoms with Crippen LogP contribution in [-0.2, 0) is 14.8 Å². The van der Waals surface area contributed by atoms with E-state index in [0.29, 0.717) is 17.3 Å². The number of carbonyl (C=O) groups excluding carboxylic acids is 1. The number of ether oxygens (including phenoxy) is 2. The van der Waals surface area contributed by atoms with E-state index in [0.717, 1.165) is 0 Å². The monoisotopic (exact) mass is 491 g/mol. The average Bonchev–Trinajstić information content (AvgIpc) is 3.30. The second-order valence-corrected chi connectivity index (χ2v) is 11.8. The third kappa shape index (κ3) is 6.47. The summed E-state index contributed by atoms with van der Waals surface area (Å²) < 4.78 is 38.7. The fourth-order valence-electron chi connectivity index (χ4n) is 2.45. The molecule has 10 heteroatoms. The Labute approximate surface area is 181 Å². The van der Waals surface area contributed by atoms with Crippen LogP contribution in [0.15, 0.2) is 16.7 Å². The van der Waals surface area contributed by atoms with E-state index in [1.165, 1.54) is 6.20 Å². The number of halogens is 1. The molecule has 0 saturated heterocycles. The first-order valence-electron chi connectivity index (χ1n) is 9.54. The summed E-state index contributed by atoms with van der Waals surface area (Å²) in [6.07, 6.45) is 2.35. The molecule has 1 fully saturated rings. The molecule has 0 spiro atoms. The Hall–Kier alpha value is -1.55. The van der Waals surface area contributed by atoms with Crippen molar-refractivity contribution in [3.8, 4) is 5.88 Å². The number of aromatic nitrogens is 1. The van der Waals surface area contributed by atoms with Crippen LogP contribution in [0, 0.1) is 0 Å². The average molecular weight is 492 g/mol. The molecule has 1 aromatic heterocycles. The highest BCUT2D eigenvalue weighted by atomic mass is 79.9. The molecule has 0 aromatic carbocycles. The molecule has 1 N–H and O–H groups in total. The number of anilines is 1. The Kier molecular flexibility index (Phi) is 7.09. The number of hydrogen-bond donors (Lipinski definition) is 1. The second-order valence-electron chi connectivity index (χ2n) is 8.68. The van der Waals surface area contributed by atoms with Gasteiger partial charge in [-0.2, -0.15) is 0 Å². The van der Waals surface area contributed by atoms with E-state index in [1.54, 1.807) is 17.9 Å². The van der Waals surface area contributed by atoms with E-state index in [-0.39, 0.29) is 30.8 Å². The van der Waals surface area contributed by atoms with Crippen molar-refractivity contribution in [3.05, 3.63) is 16.7 Å². The van der Waals surface area contributed by atoms with Gasteiger partial charge in [-0.1, -0.05) is 0 Å².